The van der Waals surface area contributed by atoms with Gasteiger partial charge >= 0.3 is 6.09 Å². The number of nitrogens with one attached hydrogen (secondary N) is 1. The van der Waals surface area contributed by atoms with E-state index in [2.05, 4.69) is 15.3 Å². The van der Waals surface area contributed by atoms with Crippen molar-refractivity contribution in [3.05, 3.63) is 88.2 Å². The summed E-state index contributed by atoms with van der Waals surface area (Å²) in [5.74, 6) is -1.02. The van der Waals surface area contributed by atoms with Gasteiger partial charge in [0, 0.05) is 66.9 Å². The average Bonchev–Trinajstić information content (AvgIpc) is 3.85. The molecule has 2 aromatic heterocycles. The van der Waals surface area contributed by atoms with Crippen molar-refractivity contribution < 1.29 is 23.5 Å². The van der Waals surface area contributed by atoms with E-state index in [-0.39, 0.29) is 42.6 Å². The van der Waals surface area contributed by atoms with Gasteiger partial charge in [-0.1, -0.05) is 24.3 Å². The summed E-state index contributed by atoms with van der Waals surface area (Å²) in [5, 5.41) is 5.01. The molecule has 245 valence electrons. The van der Waals surface area contributed by atoms with Crippen molar-refractivity contribution in [3.8, 4) is 11.1 Å². The minimum Gasteiger partial charge on any atom is -0.444 e. The molecule has 2 aromatic carbocycles. The Labute approximate surface area is 294 Å². The first-order valence-corrected chi connectivity index (χ1v) is 16.9. The van der Waals surface area contributed by atoms with Gasteiger partial charge in [0.05, 0.1) is 18.6 Å². The first kappa shape index (κ1) is 33.9. The van der Waals surface area contributed by atoms with E-state index in [1.165, 1.54) is 22.3 Å². The molecule has 3 aliphatic heterocycles. The Morgan fingerprint density at radius 2 is 1.81 bits per heavy atom. The van der Waals surface area contributed by atoms with Crippen LogP contribution in [-0.2, 0) is 29.0 Å². The minimum atomic E-state index is -1.03. The topological polar surface area (TPSA) is 110 Å². The van der Waals surface area contributed by atoms with Crippen molar-refractivity contribution in [1.82, 2.24) is 24.3 Å². The predicted molar refractivity (Wildman–Crippen MR) is 181 cm³/mol. The number of fused-ring (bicyclic) bond motifs is 2. The molecule has 1 unspecified atom stereocenters. The number of imidazole rings is 1. The maximum atomic E-state index is 15.7. The van der Waals surface area contributed by atoms with Crippen LogP contribution in [0.2, 0.25) is 0 Å². The van der Waals surface area contributed by atoms with Crippen molar-refractivity contribution in [2.75, 3.05) is 18.4 Å². The van der Waals surface area contributed by atoms with Gasteiger partial charge in [-0.2, -0.15) is 0 Å². The summed E-state index contributed by atoms with van der Waals surface area (Å²) in [6.45, 7) is 7.62. The maximum absolute atomic E-state index is 15.7. The largest absolute Gasteiger partial charge is 0.444 e. The SMILES string of the molecule is CC(C)(C)OC(=O)N1CCC(c2ccc(-c3cc(F)c4c(c3)C(=O)N(C(C(=O)Nc3nccs3)c3ncn5c3CCC5)C4)cc2)CC1.[Li]. The van der Waals surface area contributed by atoms with Crippen molar-refractivity contribution in [2.45, 2.75) is 77.1 Å². The normalized spacial score (nSPS) is 16.7. The summed E-state index contributed by atoms with van der Waals surface area (Å²) < 4.78 is 23.3. The van der Waals surface area contributed by atoms with Crippen molar-refractivity contribution >= 4 is 53.2 Å². The number of nitrogens with zero attached hydrogens (tertiary/aromatic N) is 5. The molecule has 10 nitrogen and oxygen atoms in total. The van der Waals surface area contributed by atoms with Crippen LogP contribution in [0.4, 0.5) is 14.3 Å². The van der Waals surface area contributed by atoms with Gasteiger partial charge in [-0.15, -0.1) is 11.3 Å². The molecule has 0 saturated carbocycles. The van der Waals surface area contributed by atoms with Gasteiger partial charge in [-0.3, -0.25) is 14.9 Å². The molecule has 0 aliphatic carbocycles. The van der Waals surface area contributed by atoms with Gasteiger partial charge in [0.25, 0.3) is 11.8 Å². The predicted octanol–water partition coefficient (Wildman–Crippen LogP) is 6.16. The summed E-state index contributed by atoms with van der Waals surface area (Å²) >= 11 is 1.28. The van der Waals surface area contributed by atoms with E-state index in [0.717, 1.165) is 49.0 Å². The number of aryl methyl sites for hydroxylation is 1. The van der Waals surface area contributed by atoms with E-state index in [1.807, 2.05) is 49.6 Å². The number of anilines is 1. The second kappa shape index (κ2) is 13.5. The molecule has 48 heavy (non-hydrogen) atoms. The zero-order valence-electron chi connectivity index (χ0n) is 27.7. The quantitative estimate of drug-likeness (QED) is 0.248. The summed E-state index contributed by atoms with van der Waals surface area (Å²) in [6, 6.07) is 10.1. The van der Waals surface area contributed by atoms with Crippen LogP contribution in [0.1, 0.15) is 84.9 Å². The number of hydrogen-bond acceptors (Lipinski definition) is 7. The third kappa shape index (κ3) is 6.66. The molecular formula is C35H37FLiN6O4S. The van der Waals surface area contributed by atoms with Crippen LogP contribution >= 0.6 is 11.3 Å². The fraction of sp³-hybridized carbons (Fsp3) is 0.400. The smallest absolute Gasteiger partial charge is 0.410 e. The Morgan fingerprint density at radius 1 is 1.06 bits per heavy atom. The number of ether oxygens (including phenoxy) is 1. The van der Waals surface area contributed by atoms with Crippen LogP contribution in [0.5, 0.6) is 0 Å². The van der Waals surface area contributed by atoms with Gasteiger partial charge in [-0.25, -0.2) is 19.2 Å². The van der Waals surface area contributed by atoms with Gasteiger partial charge in [0.2, 0.25) is 0 Å². The molecular weight excluding hydrogens is 626 g/mol. The van der Waals surface area contributed by atoms with Crippen molar-refractivity contribution in [2.24, 2.45) is 0 Å². The Morgan fingerprint density at radius 3 is 2.50 bits per heavy atom. The molecule has 1 fully saturated rings. The Balaban J connectivity index is 0.00000401. The summed E-state index contributed by atoms with van der Waals surface area (Å²) in [5.41, 5.74) is 3.98. The molecule has 5 heterocycles. The van der Waals surface area contributed by atoms with Crippen LogP contribution < -0.4 is 5.32 Å². The number of benzene rings is 2. The molecule has 1 N–H and O–H groups in total. The number of rotatable bonds is 6. The zero-order valence-corrected chi connectivity index (χ0v) is 28.5. The maximum Gasteiger partial charge on any atom is 0.410 e. The van der Waals surface area contributed by atoms with E-state index in [1.54, 1.807) is 28.9 Å². The first-order valence-electron chi connectivity index (χ1n) is 16.0. The standard InChI is InChI=1S/C35H37FN6O4S.Li/c1-35(2,3)46-34(45)40-14-10-23(11-15-40)21-6-8-22(9-7-21)24-17-25-26(27(36)18-24)19-42(32(25)44)30(31(43)39-33-37-12-16-47-33)29-28-5-4-13-41(28)20-38-29;/h6-9,12,16-18,20,23,30H,4-5,10-11,13-15,19H2,1-3H3,(H,37,39,43);. The van der Waals surface area contributed by atoms with E-state index in [0.29, 0.717) is 35.4 Å². The van der Waals surface area contributed by atoms with Crippen LogP contribution in [0, 0.1) is 5.82 Å². The average molecular weight is 664 g/mol. The van der Waals surface area contributed by atoms with Gasteiger partial charge < -0.3 is 19.1 Å². The number of piperidine rings is 1. The van der Waals surface area contributed by atoms with Crippen LogP contribution in [0.25, 0.3) is 11.1 Å². The molecule has 1 radical (unpaired) electrons. The number of halogens is 1. The number of amides is 3. The second-order valence-electron chi connectivity index (χ2n) is 13.4. The minimum absolute atomic E-state index is 0. The molecule has 3 aliphatic rings. The number of carbonyl (C=O) groups excluding carboxylic acids is 3. The van der Waals surface area contributed by atoms with E-state index in [9.17, 15) is 14.4 Å². The number of carbonyl (C=O) groups is 3. The Kier molecular flexibility index (Phi) is 9.53. The van der Waals surface area contributed by atoms with Crippen LogP contribution in [0.3, 0.4) is 0 Å². The van der Waals surface area contributed by atoms with Crippen molar-refractivity contribution in [3.63, 3.8) is 0 Å². The summed E-state index contributed by atoms with van der Waals surface area (Å²) in [7, 11) is 0. The van der Waals surface area contributed by atoms with E-state index in [4.69, 9.17) is 4.74 Å². The molecule has 13 heteroatoms. The molecule has 1 saturated heterocycles. The molecule has 3 amide bonds. The van der Waals surface area contributed by atoms with Crippen LogP contribution in [0.15, 0.2) is 54.3 Å². The van der Waals surface area contributed by atoms with Gasteiger partial charge in [0.15, 0.2) is 11.2 Å². The number of aromatic nitrogens is 3. The number of hydrogen-bond donors (Lipinski definition) is 1. The first-order chi connectivity index (χ1) is 22.6. The molecule has 4 aromatic rings. The molecule has 7 rings (SSSR count). The Bertz CT molecular complexity index is 1830. The Hall–Kier alpha value is -3.98. The van der Waals surface area contributed by atoms with Gasteiger partial charge in [0.1, 0.15) is 11.4 Å². The number of likely N-dealkylation sites (tertiary alicyclic amines) is 1. The van der Waals surface area contributed by atoms with E-state index >= 15 is 4.39 Å². The van der Waals surface area contributed by atoms with Gasteiger partial charge in [-0.05, 0) is 81.2 Å². The van der Waals surface area contributed by atoms with Crippen molar-refractivity contribution in [1.29, 1.82) is 0 Å². The summed E-state index contributed by atoms with van der Waals surface area (Å²) in [4.78, 5) is 52.1. The molecule has 1 atom stereocenters. The van der Waals surface area contributed by atoms with Crippen LogP contribution in [-0.4, -0.2) is 79.8 Å². The molecule has 0 spiro atoms. The second-order valence-corrected chi connectivity index (χ2v) is 14.3. The third-order valence-electron chi connectivity index (χ3n) is 9.15. The number of thiazole rings is 1. The fourth-order valence-electron chi connectivity index (χ4n) is 6.83. The zero-order chi connectivity index (χ0) is 32.9. The summed E-state index contributed by atoms with van der Waals surface area (Å²) in [6.07, 6.45) is 6.37. The molecule has 0 bridgehead atoms. The van der Waals surface area contributed by atoms with E-state index < -0.39 is 29.3 Å². The third-order valence-corrected chi connectivity index (χ3v) is 9.84. The monoisotopic (exact) mass is 663 g/mol. The fourth-order valence-corrected chi connectivity index (χ4v) is 7.37.